The van der Waals surface area contributed by atoms with Crippen molar-refractivity contribution < 1.29 is 0 Å². The Balaban J connectivity index is 2.06. The molecule has 100 valence electrons. The Labute approximate surface area is 113 Å². The van der Waals surface area contributed by atoms with Gasteiger partial charge in [-0.3, -0.25) is 4.79 Å². The van der Waals surface area contributed by atoms with Gasteiger partial charge in [-0.15, -0.1) is 0 Å². The summed E-state index contributed by atoms with van der Waals surface area (Å²) < 4.78 is 0. The highest BCUT2D eigenvalue weighted by Gasteiger charge is 2.18. The smallest absolute Gasteiger partial charge is 0.189 e. The Bertz CT molecular complexity index is 635. The zero-order chi connectivity index (χ0) is 13.2. The second-order valence-corrected chi connectivity index (χ2v) is 5.70. The first-order valence-electron chi connectivity index (χ1n) is 7.44. The van der Waals surface area contributed by atoms with Crippen LogP contribution in [0, 0.1) is 0 Å². The van der Waals surface area contributed by atoms with Gasteiger partial charge in [0.15, 0.2) is 5.43 Å². The van der Waals surface area contributed by atoms with Crippen LogP contribution in [-0.2, 0) is 6.42 Å². The van der Waals surface area contributed by atoms with Crippen molar-refractivity contribution in [1.82, 2.24) is 4.98 Å². The highest BCUT2D eigenvalue weighted by atomic mass is 16.1. The molecular formula is C17H21NO. The maximum absolute atomic E-state index is 12.3. The molecule has 2 nitrogen and oxygen atoms in total. The van der Waals surface area contributed by atoms with Gasteiger partial charge in [-0.2, -0.15) is 0 Å². The number of fused-ring (bicyclic) bond motifs is 1. The number of nitrogens with one attached hydrogen (secondary N) is 1. The second-order valence-electron chi connectivity index (χ2n) is 5.70. The van der Waals surface area contributed by atoms with Crippen molar-refractivity contribution in [1.29, 1.82) is 0 Å². The van der Waals surface area contributed by atoms with Crippen LogP contribution < -0.4 is 5.43 Å². The maximum Gasteiger partial charge on any atom is 0.189 e. The molecular weight excluding hydrogens is 234 g/mol. The quantitative estimate of drug-likeness (QED) is 0.878. The molecule has 1 aromatic heterocycles. The van der Waals surface area contributed by atoms with E-state index in [1.165, 1.54) is 31.2 Å². The van der Waals surface area contributed by atoms with Crippen LogP contribution in [0.5, 0.6) is 0 Å². The van der Waals surface area contributed by atoms with Crippen LogP contribution in [0.3, 0.4) is 0 Å². The van der Waals surface area contributed by atoms with Crippen molar-refractivity contribution >= 4 is 10.9 Å². The molecule has 0 bridgehead atoms. The maximum atomic E-state index is 12.3. The molecule has 1 N–H and O–H groups in total. The Morgan fingerprint density at radius 3 is 2.74 bits per heavy atom. The summed E-state index contributed by atoms with van der Waals surface area (Å²) in [5.74, 6) is 0.562. The number of hydrogen-bond donors (Lipinski definition) is 1. The first kappa shape index (κ1) is 12.5. The molecule has 1 fully saturated rings. The Hall–Kier alpha value is -1.57. The van der Waals surface area contributed by atoms with Gasteiger partial charge in [0.2, 0.25) is 0 Å². The van der Waals surface area contributed by atoms with Crippen LogP contribution in [0.25, 0.3) is 10.9 Å². The molecule has 3 rings (SSSR count). The molecule has 19 heavy (non-hydrogen) atoms. The van der Waals surface area contributed by atoms with E-state index < -0.39 is 0 Å². The van der Waals surface area contributed by atoms with E-state index in [0.717, 1.165) is 29.4 Å². The lowest BCUT2D eigenvalue weighted by atomic mass is 10.0. The molecule has 0 unspecified atom stereocenters. The van der Waals surface area contributed by atoms with Crippen molar-refractivity contribution in [2.45, 2.75) is 51.4 Å². The van der Waals surface area contributed by atoms with Crippen molar-refractivity contribution in [2.75, 3.05) is 0 Å². The van der Waals surface area contributed by atoms with Gasteiger partial charge in [0, 0.05) is 22.7 Å². The molecule has 1 saturated carbocycles. The van der Waals surface area contributed by atoms with E-state index in [2.05, 4.69) is 30.1 Å². The molecule has 0 radical (unpaired) electrons. The third-order valence-corrected chi connectivity index (χ3v) is 4.25. The van der Waals surface area contributed by atoms with E-state index >= 15 is 0 Å². The molecule has 0 saturated heterocycles. The number of aromatic nitrogens is 1. The third-order valence-electron chi connectivity index (χ3n) is 4.25. The highest BCUT2D eigenvalue weighted by molar-refractivity contribution is 5.79. The van der Waals surface area contributed by atoms with Crippen molar-refractivity contribution in [3.63, 3.8) is 0 Å². The summed E-state index contributed by atoms with van der Waals surface area (Å²) in [4.78, 5) is 15.8. The van der Waals surface area contributed by atoms with Gasteiger partial charge < -0.3 is 4.98 Å². The van der Waals surface area contributed by atoms with Crippen molar-refractivity contribution in [2.24, 2.45) is 0 Å². The number of rotatable bonds is 3. The molecule has 0 atom stereocenters. The minimum Gasteiger partial charge on any atom is -0.358 e. The van der Waals surface area contributed by atoms with Gasteiger partial charge in [-0.1, -0.05) is 32.3 Å². The number of aryl methyl sites for hydroxylation is 1. The number of H-pyrrole nitrogens is 1. The van der Waals surface area contributed by atoms with E-state index in [-0.39, 0.29) is 5.43 Å². The SMILES string of the molecule is CCCc1ccc2[nH]c(C3CCCC3)cc(=O)c2c1. The fourth-order valence-electron chi connectivity index (χ4n) is 3.22. The summed E-state index contributed by atoms with van der Waals surface area (Å²) in [6.07, 6.45) is 7.17. The third kappa shape index (κ3) is 2.44. The highest BCUT2D eigenvalue weighted by Crippen LogP contribution is 2.33. The lowest BCUT2D eigenvalue weighted by Gasteiger charge is -2.11. The average molecular weight is 255 g/mol. The number of pyridine rings is 1. The van der Waals surface area contributed by atoms with Crippen LogP contribution in [-0.4, -0.2) is 4.98 Å². The summed E-state index contributed by atoms with van der Waals surface area (Å²) >= 11 is 0. The zero-order valence-electron chi connectivity index (χ0n) is 11.5. The number of hydrogen-bond acceptors (Lipinski definition) is 1. The molecule has 1 aliphatic carbocycles. The fraction of sp³-hybridized carbons (Fsp3) is 0.471. The molecule has 1 aliphatic rings. The molecule has 2 aromatic rings. The van der Waals surface area contributed by atoms with Crippen LogP contribution in [0.1, 0.15) is 56.2 Å². The van der Waals surface area contributed by atoms with E-state index in [0.29, 0.717) is 5.92 Å². The Morgan fingerprint density at radius 1 is 1.21 bits per heavy atom. The van der Waals surface area contributed by atoms with E-state index in [1.54, 1.807) is 0 Å². The lowest BCUT2D eigenvalue weighted by Crippen LogP contribution is -2.08. The first-order valence-corrected chi connectivity index (χ1v) is 7.44. The van der Waals surface area contributed by atoms with Crippen LogP contribution in [0.15, 0.2) is 29.1 Å². The number of aromatic amines is 1. The summed E-state index contributed by atoms with van der Waals surface area (Å²) in [5.41, 5.74) is 3.57. The van der Waals surface area contributed by atoms with Crippen LogP contribution in [0.2, 0.25) is 0 Å². The summed E-state index contributed by atoms with van der Waals surface area (Å²) in [5, 5.41) is 0.840. The van der Waals surface area contributed by atoms with Gasteiger partial charge in [-0.05, 0) is 42.9 Å². The summed E-state index contributed by atoms with van der Waals surface area (Å²) in [6.45, 7) is 2.16. The molecule has 0 amide bonds. The molecule has 0 spiro atoms. The second kappa shape index (κ2) is 5.20. The van der Waals surface area contributed by atoms with Gasteiger partial charge in [-0.25, -0.2) is 0 Å². The minimum absolute atomic E-state index is 0.175. The van der Waals surface area contributed by atoms with Gasteiger partial charge >= 0.3 is 0 Å². The van der Waals surface area contributed by atoms with Gasteiger partial charge in [0.1, 0.15) is 0 Å². The fourth-order valence-corrected chi connectivity index (χ4v) is 3.22. The predicted octanol–water partition coefficient (Wildman–Crippen LogP) is 4.14. The minimum atomic E-state index is 0.175. The van der Waals surface area contributed by atoms with Crippen LogP contribution >= 0.6 is 0 Å². The van der Waals surface area contributed by atoms with Gasteiger partial charge in [0.25, 0.3) is 0 Å². The van der Waals surface area contributed by atoms with Crippen LogP contribution in [0.4, 0.5) is 0 Å². The standard InChI is InChI=1S/C17H21NO/c1-2-5-12-8-9-15-14(10-12)17(19)11-16(18-15)13-6-3-4-7-13/h8-11,13H,2-7H2,1H3,(H,18,19). The van der Waals surface area contributed by atoms with E-state index in [1.807, 2.05) is 6.07 Å². The van der Waals surface area contributed by atoms with E-state index in [4.69, 9.17) is 0 Å². The average Bonchev–Trinajstić information content (AvgIpc) is 2.93. The Kier molecular flexibility index (Phi) is 3.41. The monoisotopic (exact) mass is 255 g/mol. The summed E-state index contributed by atoms with van der Waals surface area (Å²) in [6, 6.07) is 8.09. The lowest BCUT2D eigenvalue weighted by molar-refractivity contribution is 0.700. The van der Waals surface area contributed by atoms with E-state index in [9.17, 15) is 4.79 Å². The largest absolute Gasteiger partial charge is 0.358 e. The molecule has 1 heterocycles. The Morgan fingerprint density at radius 2 is 2.00 bits per heavy atom. The van der Waals surface area contributed by atoms with Gasteiger partial charge in [0.05, 0.1) is 0 Å². The molecule has 2 heteroatoms. The predicted molar refractivity (Wildman–Crippen MR) is 79.8 cm³/mol. The number of benzene rings is 1. The van der Waals surface area contributed by atoms with Crippen molar-refractivity contribution in [3.8, 4) is 0 Å². The zero-order valence-corrected chi connectivity index (χ0v) is 11.5. The summed E-state index contributed by atoms with van der Waals surface area (Å²) in [7, 11) is 0. The molecule has 0 aliphatic heterocycles. The normalized spacial score (nSPS) is 16.3. The molecule has 1 aromatic carbocycles. The topological polar surface area (TPSA) is 32.9 Å². The first-order chi connectivity index (χ1) is 9.28. The van der Waals surface area contributed by atoms with Crippen molar-refractivity contribution in [3.05, 3.63) is 45.7 Å².